The number of aryl methyl sites for hydroxylation is 2. The molecule has 2 aromatic carbocycles. The van der Waals surface area contributed by atoms with Crippen molar-refractivity contribution in [2.24, 2.45) is 0 Å². The number of hydrogen-bond acceptors (Lipinski definition) is 7. The first-order valence-electron chi connectivity index (χ1n) is 9.78. The number of aromatic nitrogens is 3. The van der Waals surface area contributed by atoms with E-state index in [0.717, 1.165) is 31.6 Å². The van der Waals surface area contributed by atoms with Gasteiger partial charge in [-0.15, -0.1) is 0 Å². The second-order valence-corrected chi connectivity index (χ2v) is 9.38. The van der Waals surface area contributed by atoms with E-state index in [2.05, 4.69) is 25.6 Å². The highest BCUT2D eigenvalue weighted by Gasteiger charge is 2.14. The first kappa shape index (κ1) is 20.2. The summed E-state index contributed by atoms with van der Waals surface area (Å²) in [6.45, 7) is 4.02. The van der Waals surface area contributed by atoms with Crippen molar-refractivity contribution < 1.29 is 9.59 Å². The molecule has 9 heteroatoms. The van der Waals surface area contributed by atoms with Gasteiger partial charge < -0.3 is 0 Å². The van der Waals surface area contributed by atoms with Crippen LogP contribution in [0.3, 0.4) is 0 Å². The Labute approximate surface area is 191 Å². The Morgan fingerprint density at radius 2 is 1.31 bits per heavy atom. The molecule has 0 fully saturated rings. The fraction of sp³-hybridized carbons (Fsp3) is 0.0870. The first-order chi connectivity index (χ1) is 15.4. The topological polar surface area (TPSA) is 96.9 Å². The number of amides is 2. The Hall–Kier alpha value is -3.69. The molecule has 32 heavy (non-hydrogen) atoms. The van der Waals surface area contributed by atoms with Gasteiger partial charge in [0.1, 0.15) is 5.69 Å². The smallest absolute Gasteiger partial charge is 0.276 e. The average Bonchev–Trinajstić information content (AvgIpc) is 3.35. The van der Waals surface area contributed by atoms with E-state index in [0.29, 0.717) is 15.8 Å². The van der Waals surface area contributed by atoms with Gasteiger partial charge in [-0.25, -0.2) is 9.97 Å². The van der Waals surface area contributed by atoms with Crippen LogP contribution in [0, 0.1) is 13.8 Å². The minimum Gasteiger partial charge on any atom is -0.298 e. The molecule has 3 heterocycles. The van der Waals surface area contributed by atoms with Crippen LogP contribution in [0.5, 0.6) is 0 Å². The number of nitrogens with one attached hydrogen (secondary N) is 2. The molecule has 5 aromatic rings. The van der Waals surface area contributed by atoms with E-state index in [1.807, 2.05) is 50.2 Å². The van der Waals surface area contributed by atoms with Crippen molar-refractivity contribution in [1.82, 2.24) is 15.0 Å². The highest BCUT2D eigenvalue weighted by molar-refractivity contribution is 7.22. The largest absolute Gasteiger partial charge is 0.298 e. The molecule has 0 atom stereocenters. The molecule has 3 aromatic heterocycles. The first-order valence-corrected chi connectivity index (χ1v) is 11.4. The van der Waals surface area contributed by atoms with Gasteiger partial charge in [0, 0.05) is 6.20 Å². The van der Waals surface area contributed by atoms with Gasteiger partial charge in [-0.2, -0.15) is 0 Å². The molecule has 158 valence electrons. The van der Waals surface area contributed by atoms with Crippen LogP contribution in [0.2, 0.25) is 0 Å². The standard InChI is InChI=1S/C23H17N5O2S2/c1-12-3-6-15-18(9-12)31-22(25-15)27-20(29)14-5-8-17(24-11-14)21(30)28-23-26-16-7-4-13(2)10-19(16)32-23/h3-11H,1-2H3,(H,25,27,29)(H,26,28,30). The summed E-state index contributed by atoms with van der Waals surface area (Å²) in [5.74, 6) is -0.712. The zero-order valence-electron chi connectivity index (χ0n) is 17.2. The Bertz CT molecular complexity index is 1370. The molecular formula is C23H17N5O2S2. The van der Waals surface area contributed by atoms with Gasteiger partial charge in [0.2, 0.25) is 0 Å². The summed E-state index contributed by atoms with van der Waals surface area (Å²) >= 11 is 2.82. The van der Waals surface area contributed by atoms with E-state index in [-0.39, 0.29) is 17.5 Å². The molecule has 5 rings (SSSR count). The minimum atomic E-state index is -0.380. The molecule has 0 aliphatic rings. The molecule has 2 N–H and O–H groups in total. The van der Waals surface area contributed by atoms with Gasteiger partial charge in [-0.05, 0) is 61.4 Å². The lowest BCUT2D eigenvalue weighted by molar-refractivity contribution is 0.101. The van der Waals surface area contributed by atoms with Crippen molar-refractivity contribution in [2.75, 3.05) is 10.6 Å². The van der Waals surface area contributed by atoms with E-state index in [1.165, 1.54) is 34.9 Å². The van der Waals surface area contributed by atoms with Gasteiger partial charge in [-0.1, -0.05) is 34.8 Å². The molecule has 0 bridgehead atoms. The zero-order valence-corrected chi connectivity index (χ0v) is 18.8. The SMILES string of the molecule is Cc1ccc2nc(NC(=O)c3ccc(C(=O)Nc4nc5ccc(C)cc5s4)nc3)sc2c1. The molecule has 7 nitrogen and oxygen atoms in total. The zero-order chi connectivity index (χ0) is 22.2. The second-order valence-electron chi connectivity index (χ2n) is 7.32. The van der Waals surface area contributed by atoms with Crippen molar-refractivity contribution >= 4 is 65.2 Å². The lowest BCUT2D eigenvalue weighted by Crippen LogP contribution is -2.16. The number of carbonyl (C=O) groups excluding carboxylic acids is 2. The molecular weight excluding hydrogens is 442 g/mol. The Balaban J connectivity index is 1.27. The number of nitrogens with zero attached hydrogens (tertiary/aromatic N) is 3. The lowest BCUT2D eigenvalue weighted by Gasteiger charge is -2.03. The molecule has 0 saturated carbocycles. The fourth-order valence-corrected chi connectivity index (χ4v) is 5.08. The number of thiazole rings is 2. The third kappa shape index (κ3) is 4.08. The Morgan fingerprint density at radius 1 is 0.750 bits per heavy atom. The molecule has 0 spiro atoms. The summed E-state index contributed by atoms with van der Waals surface area (Å²) in [5.41, 5.74) is 4.49. The number of fused-ring (bicyclic) bond motifs is 2. The van der Waals surface area contributed by atoms with Crippen LogP contribution in [-0.2, 0) is 0 Å². The summed E-state index contributed by atoms with van der Waals surface area (Å²) in [5, 5.41) is 6.59. The average molecular weight is 460 g/mol. The summed E-state index contributed by atoms with van der Waals surface area (Å²) in [7, 11) is 0. The summed E-state index contributed by atoms with van der Waals surface area (Å²) in [6, 6.07) is 15.0. The molecule has 0 saturated heterocycles. The van der Waals surface area contributed by atoms with Crippen molar-refractivity contribution in [3.05, 3.63) is 77.1 Å². The highest BCUT2D eigenvalue weighted by atomic mass is 32.1. The summed E-state index contributed by atoms with van der Waals surface area (Å²) in [6.07, 6.45) is 1.38. The number of rotatable bonds is 4. The normalized spacial score (nSPS) is 11.1. The van der Waals surface area contributed by atoms with Gasteiger partial charge in [0.25, 0.3) is 11.8 Å². The Kier molecular flexibility index (Phi) is 5.12. The number of pyridine rings is 1. The van der Waals surface area contributed by atoms with Gasteiger partial charge in [-0.3, -0.25) is 25.2 Å². The minimum absolute atomic E-state index is 0.201. The van der Waals surface area contributed by atoms with Gasteiger partial charge in [0.05, 0.1) is 26.0 Å². The lowest BCUT2D eigenvalue weighted by atomic mass is 10.2. The quantitative estimate of drug-likeness (QED) is 0.374. The highest BCUT2D eigenvalue weighted by Crippen LogP contribution is 2.28. The summed E-state index contributed by atoms with van der Waals surface area (Å²) in [4.78, 5) is 38.1. The number of carbonyl (C=O) groups is 2. The predicted molar refractivity (Wildman–Crippen MR) is 129 cm³/mol. The maximum atomic E-state index is 12.6. The van der Waals surface area contributed by atoms with E-state index in [4.69, 9.17) is 0 Å². The van der Waals surface area contributed by atoms with E-state index < -0.39 is 0 Å². The predicted octanol–water partition coefficient (Wildman–Crippen LogP) is 5.42. The van der Waals surface area contributed by atoms with Crippen molar-refractivity contribution in [3.63, 3.8) is 0 Å². The third-order valence-electron chi connectivity index (χ3n) is 4.79. The van der Waals surface area contributed by atoms with Crippen molar-refractivity contribution in [1.29, 1.82) is 0 Å². The van der Waals surface area contributed by atoms with Crippen LogP contribution in [0.15, 0.2) is 54.7 Å². The molecule has 0 aliphatic carbocycles. The maximum absolute atomic E-state index is 12.6. The molecule has 0 unspecified atom stereocenters. The number of anilines is 2. The second kappa shape index (κ2) is 8.10. The van der Waals surface area contributed by atoms with E-state index in [9.17, 15) is 9.59 Å². The molecule has 0 radical (unpaired) electrons. The van der Waals surface area contributed by atoms with Crippen LogP contribution in [-0.4, -0.2) is 26.8 Å². The van der Waals surface area contributed by atoms with Crippen LogP contribution in [0.1, 0.15) is 32.0 Å². The maximum Gasteiger partial charge on any atom is 0.276 e. The third-order valence-corrected chi connectivity index (χ3v) is 6.65. The van der Waals surface area contributed by atoms with Crippen LogP contribution < -0.4 is 10.6 Å². The number of hydrogen-bond donors (Lipinski definition) is 2. The van der Waals surface area contributed by atoms with Crippen LogP contribution in [0.4, 0.5) is 10.3 Å². The van der Waals surface area contributed by atoms with E-state index >= 15 is 0 Å². The van der Waals surface area contributed by atoms with Crippen LogP contribution in [0.25, 0.3) is 20.4 Å². The Morgan fingerprint density at radius 3 is 1.84 bits per heavy atom. The summed E-state index contributed by atoms with van der Waals surface area (Å²) < 4.78 is 2.01. The molecule has 2 amide bonds. The van der Waals surface area contributed by atoms with Gasteiger partial charge >= 0.3 is 0 Å². The fourth-order valence-electron chi connectivity index (χ4n) is 3.16. The van der Waals surface area contributed by atoms with Gasteiger partial charge in [0.15, 0.2) is 10.3 Å². The van der Waals surface area contributed by atoms with Crippen LogP contribution >= 0.6 is 22.7 Å². The molecule has 0 aliphatic heterocycles. The monoisotopic (exact) mass is 459 g/mol. The number of benzene rings is 2. The van der Waals surface area contributed by atoms with Crippen molar-refractivity contribution in [2.45, 2.75) is 13.8 Å². The van der Waals surface area contributed by atoms with E-state index in [1.54, 1.807) is 6.07 Å². The van der Waals surface area contributed by atoms with Crippen molar-refractivity contribution in [3.8, 4) is 0 Å².